The van der Waals surface area contributed by atoms with E-state index in [4.69, 9.17) is 11.6 Å². The largest absolute Gasteiger partial charge is 0.359 e. The van der Waals surface area contributed by atoms with Crippen molar-refractivity contribution in [3.63, 3.8) is 0 Å². The Balaban J connectivity index is 1.47. The normalized spacial score (nSPS) is 21.5. The molecule has 1 N–H and O–H groups in total. The zero-order chi connectivity index (χ0) is 25.5. The number of rotatable bonds is 8. The van der Waals surface area contributed by atoms with Crippen LogP contribution in [0.4, 0.5) is 10.1 Å². The lowest BCUT2D eigenvalue weighted by Crippen LogP contribution is -2.15. The molecule has 0 heterocycles. The second-order valence-corrected chi connectivity index (χ2v) is 11.6. The number of hydrogen-bond donors (Lipinski definition) is 1. The molecule has 1 saturated carbocycles. The second kappa shape index (κ2) is 9.32. The Morgan fingerprint density at radius 2 is 1.60 bits per heavy atom. The molecule has 0 aromatic heterocycles. The number of benzene rings is 3. The molecule has 3 aromatic carbocycles. The van der Waals surface area contributed by atoms with Crippen molar-refractivity contribution in [1.29, 1.82) is 0 Å². The Labute approximate surface area is 214 Å². The quantitative estimate of drug-likeness (QED) is 0.312. The van der Waals surface area contributed by atoms with Crippen molar-refractivity contribution < 1.29 is 4.39 Å². The van der Waals surface area contributed by atoms with E-state index in [1.807, 2.05) is 36.4 Å². The molecule has 0 aliphatic heterocycles. The first-order chi connectivity index (χ1) is 16.3. The third-order valence-corrected chi connectivity index (χ3v) is 7.33. The van der Waals surface area contributed by atoms with Crippen molar-refractivity contribution in [1.82, 2.24) is 0 Å². The van der Waals surface area contributed by atoms with Crippen molar-refractivity contribution in [2.75, 3.05) is 5.32 Å². The predicted octanol–water partition coefficient (Wildman–Crippen LogP) is 8.99. The molecule has 35 heavy (non-hydrogen) atoms. The first-order valence-corrected chi connectivity index (χ1v) is 12.5. The van der Waals surface area contributed by atoms with Crippen LogP contribution in [0.15, 0.2) is 85.6 Å². The molecule has 1 aliphatic rings. The maximum absolute atomic E-state index is 14.0. The molecule has 1 nitrogen and oxygen atoms in total. The van der Waals surface area contributed by atoms with Gasteiger partial charge in [-0.25, -0.2) is 4.39 Å². The van der Waals surface area contributed by atoms with Crippen molar-refractivity contribution in [2.45, 2.75) is 57.5 Å². The molecule has 0 bridgehead atoms. The number of hydrogen-bond acceptors (Lipinski definition) is 1. The van der Waals surface area contributed by atoms with Gasteiger partial charge in [0.05, 0.1) is 4.87 Å². The maximum atomic E-state index is 14.0. The van der Waals surface area contributed by atoms with Crippen LogP contribution in [-0.2, 0) is 6.42 Å². The standard InChI is InChI=1S/C32H35ClFN/c1-20-15-21(2)17-27(16-20)30-29(32(30,7)33)23(4)35-28-10-8-9-26(18-28)22(3)25-13-11-24(12-14-25)19-31(5,6)34/h8-18,29-30,35H,3-4,19H2,1-2,5-7H3. The molecule has 4 rings (SSSR count). The summed E-state index contributed by atoms with van der Waals surface area (Å²) >= 11 is 6.95. The minimum absolute atomic E-state index is 0.143. The molecule has 182 valence electrons. The van der Waals surface area contributed by atoms with Gasteiger partial charge in [-0.3, -0.25) is 0 Å². The minimum Gasteiger partial charge on any atom is -0.359 e. The second-order valence-electron chi connectivity index (χ2n) is 10.8. The summed E-state index contributed by atoms with van der Waals surface area (Å²) in [4.78, 5) is -0.360. The smallest absolute Gasteiger partial charge is 0.109 e. The van der Waals surface area contributed by atoms with Crippen LogP contribution in [0, 0.1) is 19.8 Å². The Morgan fingerprint density at radius 3 is 2.20 bits per heavy atom. The van der Waals surface area contributed by atoms with Gasteiger partial charge in [-0.1, -0.05) is 78.9 Å². The van der Waals surface area contributed by atoms with Gasteiger partial charge in [0.2, 0.25) is 0 Å². The van der Waals surface area contributed by atoms with E-state index in [1.165, 1.54) is 16.7 Å². The van der Waals surface area contributed by atoms with Gasteiger partial charge in [0.1, 0.15) is 5.67 Å². The summed E-state index contributed by atoms with van der Waals surface area (Å²) in [7, 11) is 0. The summed E-state index contributed by atoms with van der Waals surface area (Å²) < 4.78 is 14.0. The van der Waals surface area contributed by atoms with E-state index >= 15 is 0 Å². The van der Waals surface area contributed by atoms with Crippen LogP contribution in [0.2, 0.25) is 0 Å². The summed E-state index contributed by atoms with van der Waals surface area (Å²) in [5.41, 5.74) is 8.39. The average molecular weight is 488 g/mol. The van der Waals surface area contributed by atoms with Crippen LogP contribution in [0.1, 0.15) is 60.1 Å². The number of alkyl halides is 2. The van der Waals surface area contributed by atoms with E-state index in [0.29, 0.717) is 6.42 Å². The topological polar surface area (TPSA) is 12.0 Å². The molecule has 0 saturated heterocycles. The molecule has 1 aliphatic carbocycles. The van der Waals surface area contributed by atoms with Crippen molar-refractivity contribution in [3.05, 3.63) is 119 Å². The summed E-state index contributed by atoms with van der Waals surface area (Å²) in [6.45, 7) is 18.2. The van der Waals surface area contributed by atoms with Crippen LogP contribution in [-0.4, -0.2) is 10.5 Å². The number of anilines is 1. The van der Waals surface area contributed by atoms with E-state index in [9.17, 15) is 4.39 Å². The van der Waals surface area contributed by atoms with Crippen molar-refractivity contribution in [3.8, 4) is 0 Å². The molecule has 0 amide bonds. The molecule has 3 unspecified atom stereocenters. The van der Waals surface area contributed by atoms with Crippen molar-refractivity contribution >= 4 is 22.9 Å². The summed E-state index contributed by atoms with van der Waals surface area (Å²) in [6.07, 6.45) is 0.394. The molecule has 1 fully saturated rings. The lowest BCUT2D eigenvalue weighted by Gasteiger charge is -2.15. The van der Waals surface area contributed by atoms with Crippen LogP contribution in [0.5, 0.6) is 0 Å². The number of nitrogens with one attached hydrogen (secondary N) is 1. The third kappa shape index (κ3) is 5.70. The van der Waals surface area contributed by atoms with Crippen LogP contribution in [0.25, 0.3) is 5.57 Å². The molecule has 3 aromatic rings. The molecule has 0 spiro atoms. The van der Waals surface area contributed by atoms with E-state index in [-0.39, 0.29) is 16.7 Å². The molecule has 3 atom stereocenters. The fraction of sp³-hybridized carbons (Fsp3) is 0.312. The Morgan fingerprint density at radius 1 is 0.971 bits per heavy atom. The van der Waals surface area contributed by atoms with Crippen LogP contribution >= 0.6 is 11.6 Å². The average Bonchev–Trinajstić information content (AvgIpc) is 3.34. The van der Waals surface area contributed by atoms with E-state index in [1.54, 1.807) is 13.8 Å². The summed E-state index contributed by atoms with van der Waals surface area (Å²) in [5, 5.41) is 3.51. The fourth-order valence-electron chi connectivity index (χ4n) is 5.26. The van der Waals surface area contributed by atoms with Gasteiger partial charge in [-0.2, -0.15) is 0 Å². The Bertz CT molecular complexity index is 1240. The van der Waals surface area contributed by atoms with Gasteiger partial charge in [0, 0.05) is 29.6 Å². The first kappa shape index (κ1) is 25.3. The molecular formula is C32H35ClFN. The number of allylic oxidation sites excluding steroid dienone is 1. The highest BCUT2D eigenvalue weighted by molar-refractivity contribution is 6.27. The van der Waals surface area contributed by atoms with E-state index in [2.05, 4.69) is 69.6 Å². The van der Waals surface area contributed by atoms with E-state index < -0.39 is 5.67 Å². The maximum Gasteiger partial charge on any atom is 0.109 e. The monoisotopic (exact) mass is 487 g/mol. The van der Waals surface area contributed by atoms with Crippen molar-refractivity contribution in [2.24, 2.45) is 5.92 Å². The Hall–Kier alpha value is -2.84. The number of halogens is 2. The first-order valence-electron chi connectivity index (χ1n) is 12.2. The highest BCUT2D eigenvalue weighted by Gasteiger charge is 2.62. The lowest BCUT2D eigenvalue weighted by molar-refractivity contribution is 0.217. The molecule has 0 radical (unpaired) electrons. The molecule has 3 heteroatoms. The highest BCUT2D eigenvalue weighted by Crippen LogP contribution is 2.64. The van der Waals surface area contributed by atoms with Gasteiger partial charge >= 0.3 is 0 Å². The van der Waals surface area contributed by atoms with Gasteiger partial charge in [-0.15, -0.1) is 11.6 Å². The van der Waals surface area contributed by atoms with Gasteiger partial charge in [-0.05, 0) is 74.6 Å². The zero-order valence-electron chi connectivity index (χ0n) is 21.4. The summed E-state index contributed by atoms with van der Waals surface area (Å²) in [6, 6.07) is 22.8. The predicted molar refractivity (Wildman–Crippen MR) is 149 cm³/mol. The van der Waals surface area contributed by atoms with Crippen LogP contribution < -0.4 is 5.32 Å². The lowest BCUT2D eigenvalue weighted by atomic mass is 9.95. The Kier molecular flexibility index (Phi) is 6.72. The minimum atomic E-state index is -1.22. The van der Waals surface area contributed by atoms with E-state index in [0.717, 1.165) is 33.6 Å². The third-order valence-electron chi connectivity index (χ3n) is 6.86. The van der Waals surface area contributed by atoms with Crippen LogP contribution in [0.3, 0.4) is 0 Å². The van der Waals surface area contributed by atoms with Gasteiger partial charge in [0.25, 0.3) is 0 Å². The number of aryl methyl sites for hydroxylation is 2. The van der Waals surface area contributed by atoms with Gasteiger partial charge in [0.15, 0.2) is 0 Å². The zero-order valence-corrected chi connectivity index (χ0v) is 22.1. The fourth-order valence-corrected chi connectivity index (χ4v) is 5.70. The highest BCUT2D eigenvalue weighted by atomic mass is 35.5. The summed E-state index contributed by atoms with van der Waals surface area (Å²) in [5.74, 6) is 0.373. The molecular weight excluding hydrogens is 453 g/mol. The SMILES string of the molecule is C=C(c1ccc(CC(C)(C)F)cc1)c1cccc(NC(=C)C2C(c3cc(C)cc(C)c3)C2(C)Cl)c1. The van der Waals surface area contributed by atoms with Gasteiger partial charge < -0.3 is 5.32 Å².